The van der Waals surface area contributed by atoms with Crippen molar-refractivity contribution in [3.8, 4) is 5.75 Å². The van der Waals surface area contributed by atoms with Crippen molar-refractivity contribution in [1.82, 2.24) is 19.3 Å². The van der Waals surface area contributed by atoms with E-state index in [9.17, 15) is 16.8 Å². The minimum absolute atomic E-state index is 0.0245. The van der Waals surface area contributed by atoms with Crippen LogP contribution in [0.5, 0.6) is 5.75 Å². The molecule has 0 spiro atoms. The largest absolute Gasteiger partial charge is 0.497 e. The van der Waals surface area contributed by atoms with Crippen molar-refractivity contribution in [2.75, 3.05) is 24.9 Å². The maximum absolute atomic E-state index is 13.0. The lowest BCUT2D eigenvalue weighted by molar-refractivity contribution is 0.414. The SMILES string of the molecule is COc1ccc(S(=O)(=O)Nc2nn(S(=O)(=O)c3ccccc3)nc2C(=S)N2CCCC2)cc1. The van der Waals surface area contributed by atoms with Crippen LogP contribution in [0.15, 0.2) is 64.4 Å². The number of benzene rings is 2. The van der Waals surface area contributed by atoms with Gasteiger partial charge in [-0.2, -0.15) is 8.42 Å². The average Bonchev–Trinajstić information content (AvgIpc) is 3.50. The van der Waals surface area contributed by atoms with Crippen molar-refractivity contribution >= 4 is 43.1 Å². The zero-order valence-corrected chi connectivity index (χ0v) is 20.0. The third-order valence-electron chi connectivity index (χ3n) is 5.05. The molecule has 1 N–H and O–H groups in total. The van der Waals surface area contributed by atoms with Crippen LogP contribution in [0.25, 0.3) is 0 Å². The number of nitrogens with one attached hydrogen (secondary N) is 1. The highest BCUT2D eigenvalue weighted by atomic mass is 32.2. The fraction of sp³-hybridized carbons (Fsp3) is 0.250. The fourth-order valence-electron chi connectivity index (χ4n) is 3.31. The minimum Gasteiger partial charge on any atom is -0.497 e. The van der Waals surface area contributed by atoms with Crippen molar-refractivity contribution in [2.45, 2.75) is 22.6 Å². The Balaban J connectivity index is 1.76. The number of nitrogens with zero attached hydrogens (tertiary/aromatic N) is 4. The first-order valence-electron chi connectivity index (χ1n) is 9.96. The fourth-order valence-corrected chi connectivity index (χ4v) is 5.70. The second-order valence-electron chi connectivity index (χ2n) is 7.22. The lowest BCUT2D eigenvalue weighted by Crippen LogP contribution is -2.28. The number of hydrogen-bond donors (Lipinski definition) is 1. The summed E-state index contributed by atoms with van der Waals surface area (Å²) in [4.78, 5) is 1.99. The zero-order chi connectivity index (χ0) is 23.6. The van der Waals surface area contributed by atoms with E-state index in [-0.39, 0.29) is 26.3 Å². The zero-order valence-electron chi connectivity index (χ0n) is 17.6. The lowest BCUT2D eigenvalue weighted by Gasteiger charge is -2.17. The predicted molar refractivity (Wildman–Crippen MR) is 125 cm³/mol. The Kier molecular flexibility index (Phi) is 6.36. The number of aromatic nitrogens is 3. The monoisotopic (exact) mass is 507 g/mol. The van der Waals surface area contributed by atoms with Gasteiger partial charge in [-0.1, -0.05) is 34.6 Å². The number of sulfonamides is 1. The molecule has 0 bridgehead atoms. The molecule has 1 aliphatic heterocycles. The van der Waals surface area contributed by atoms with E-state index in [0.717, 1.165) is 12.8 Å². The van der Waals surface area contributed by atoms with Gasteiger partial charge >= 0.3 is 0 Å². The summed E-state index contributed by atoms with van der Waals surface area (Å²) in [5, 5.41) is 8.08. The van der Waals surface area contributed by atoms with Gasteiger partial charge in [-0.15, -0.1) is 10.2 Å². The van der Waals surface area contributed by atoms with E-state index >= 15 is 0 Å². The van der Waals surface area contributed by atoms with Gasteiger partial charge < -0.3 is 9.64 Å². The van der Waals surface area contributed by atoms with Crippen LogP contribution in [0.2, 0.25) is 0 Å². The van der Waals surface area contributed by atoms with Crippen LogP contribution in [0.1, 0.15) is 18.5 Å². The maximum Gasteiger partial charge on any atom is 0.299 e. The van der Waals surface area contributed by atoms with Crippen molar-refractivity contribution in [3.05, 3.63) is 60.3 Å². The standard InChI is InChI=1S/C20H21N5O5S3/c1-30-15-9-11-16(12-10-15)32(26,27)23-19-18(20(31)24-13-5-6-14-24)21-25(22-19)33(28,29)17-7-3-2-4-8-17/h2-4,7-12H,5-6,13-14H2,1H3,(H,22,23). The molecule has 1 saturated heterocycles. The van der Waals surface area contributed by atoms with Gasteiger partial charge in [0.05, 0.1) is 16.9 Å². The van der Waals surface area contributed by atoms with Crippen LogP contribution in [-0.2, 0) is 20.0 Å². The van der Waals surface area contributed by atoms with E-state index in [2.05, 4.69) is 14.9 Å². The van der Waals surface area contributed by atoms with Crippen molar-refractivity contribution in [1.29, 1.82) is 0 Å². The molecule has 0 atom stereocenters. The van der Waals surface area contributed by atoms with Gasteiger partial charge in [-0.05, 0) is 49.2 Å². The van der Waals surface area contributed by atoms with E-state index < -0.39 is 20.0 Å². The molecule has 0 radical (unpaired) electrons. The van der Waals surface area contributed by atoms with Gasteiger partial charge in [-0.3, -0.25) is 4.72 Å². The number of ether oxygens (including phenoxy) is 1. The highest BCUT2D eigenvalue weighted by Crippen LogP contribution is 2.24. The molecule has 174 valence electrons. The van der Waals surface area contributed by atoms with Crippen molar-refractivity contribution in [3.63, 3.8) is 0 Å². The maximum atomic E-state index is 13.0. The Bertz CT molecular complexity index is 1370. The smallest absolute Gasteiger partial charge is 0.299 e. The Morgan fingerprint density at radius 3 is 2.18 bits per heavy atom. The number of anilines is 1. The first kappa shape index (κ1) is 23.1. The van der Waals surface area contributed by atoms with Crippen LogP contribution in [-0.4, -0.2) is 61.3 Å². The molecule has 13 heteroatoms. The highest BCUT2D eigenvalue weighted by molar-refractivity contribution is 7.92. The first-order chi connectivity index (χ1) is 15.7. The number of hydrogen-bond acceptors (Lipinski definition) is 8. The van der Waals surface area contributed by atoms with Gasteiger partial charge in [-0.25, -0.2) is 8.42 Å². The highest BCUT2D eigenvalue weighted by Gasteiger charge is 2.29. The van der Waals surface area contributed by atoms with Gasteiger partial charge in [0.15, 0.2) is 11.5 Å². The summed E-state index contributed by atoms with van der Waals surface area (Å²) in [6.07, 6.45) is 1.84. The molecule has 0 amide bonds. The van der Waals surface area contributed by atoms with Crippen LogP contribution < -0.4 is 9.46 Å². The molecule has 4 rings (SSSR count). The van der Waals surface area contributed by atoms with Gasteiger partial charge in [0.25, 0.3) is 20.0 Å². The molecule has 0 saturated carbocycles. The van der Waals surface area contributed by atoms with Crippen molar-refractivity contribution in [2.24, 2.45) is 0 Å². The summed E-state index contributed by atoms with van der Waals surface area (Å²) < 4.78 is 60.0. The number of rotatable bonds is 7. The summed E-state index contributed by atoms with van der Waals surface area (Å²) in [6, 6.07) is 13.4. The Hall–Kier alpha value is -3.03. The summed E-state index contributed by atoms with van der Waals surface area (Å²) in [6.45, 7) is 1.34. The van der Waals surface area contributed by atoms with E-state index in [1.54, 1.807) is 18.2 Å². The van der Waals surface area contributed by atoms with Crippen LogP contribution >= 0.6 is 12.2 Å². The third-order valence-corrected chi connectivity index (χ3v) is 8.32. The molecule has 2 aromatic carbocycles. The summed E-state index contributed by atoms with van der Waals surface area (Å²) >= 11 is 5.52. The molecule has 0 aliphatic carbocycles. The Morgan fingerprint density at radius 1 is 0.939 bits per heavy atom. The number of thiocarbonyl (C=S) groups is 1. The normalized spacial score (nSPS) is 14.3. The molecule has 1 fully saturated rings. The van der Waals surface area contributed by atoms with Gasteiger partial charge in [0.2, 0.25) is 0 Å². The Labute approximate surface area is 197 Å². The molecular weight excluding hydrogens is 486 g/mol. The molecular formula is C20H21N5O5S3. The number of likely N-dealkylation sites (tertiary alicyclic amines) is 1. The molecule has 10 nitrogen and oxygen atoms in total. The molecule has 2 heterocycles. The second-order valence-corrected chi connectivity index (χ2v) is 11.0. The lowest BCUT2D eigenvalue weighted by atomic mass is 10.3. The topological polar surface area (TPSA) is 123 Å². The van der Waals surface area contributed by atoms with Crippen LogP contribution in [0.4, 0.5) is 5.82 Å². The first-order valence-corrected chi connectivity index (χ1v) is 13.3. The minimum atomic E-state index is -4.16. The second kappa shape index (κ2) is 9.08. The van der Waals surface area contributed by atoms with E-state index in [4.69, 9.17) is 17.0 Å². The quantitative estimate of drug-likeness (QED) is 0.479. The molecule has 3 aromatic rings. The predicted octanol–water partition coefficient (Wildman–Crippen LogP) is 2.10. The Morgan fingerprint density at radius 2 is 1.58 bits per heavy atom. The number of methoxy groups -OCH3 is 1. The molecule has 1 aliphatic rings. The van der Waals surface area contributed by atoms with Gasteiger partial charge in [0, 0.05) is 13.1 Å². The van der Waals surface area contributed by atoms with E-state index in [0.29, 0.717) is 23.0 Å². The summed E-state index contributed by atoms with van der Waals surface area (Å²) in [5.74, 6) is 0.229. The summed E-state index contributed by atoms with van der Waals surface area (Å²) in [5.41, 5.74) is -0.0245. The molecule has 33 heavy (non-hydrogen) atoms. The van der Waals surface area contributed by atoms with Crippen LogP contribution in [0, 0.1) is 0 Å². The third kappa shape index (κ3) is 4.70. The van der Waals surface area contributed by atoms with E-state index in [1.165, 1.54) is 43.5 Å². The van der Waals surface area contributed by atoms with E-state index in [1.807, 2.05) is 4.90 Å². The van der Waals surface area contributed by atoms with Crippen LogP contribution in [0.3, 0.4) is 0 Å². The molecule has 0 unspecified atom stereocenters. The van der Waals surface area contributed by atoms with Crippen molar-refractivity contribution < 1.29 is 21.6 Å². The van der Waals surface area contributed by atoms with Gasteiger partial charge in [0.1, 0.15) is 10.7 Å². The average molecular weight is 508 g/mol. The molecule has 1 aromatic heterocycles. The summed E-state index contributed by atoms with van der Waals surface area (Å²) in [7, 11) is -6.80.